The predicted octanol–water partition coefficient (Wildman–Crippen LogP) is 3.38. The molecule has 0 spiro atoms. The lowest BCUT2D eigenvalue weighted by molar-refractivity contribution is -0.138. The van der Waals surface area contributed by atoms with Crippen LogP contribution in [0.3, 0.4) is 0 Å². The van der Waals surface area contributed by atoms with Gasteiger partial charge >= 0.3 is 5.97 Å². The van der Waals surface area contributed by atoms with Gasteiger partial charge in [0.15, 0.2) is 5.60 Å². The number of carboxylic acid groups (broad SMARTS) is 1. The number of hydrogen-bond acceptors (Lipinski definition) is 5. The van der Waals surface area contributed by atoms with Crippen molar-refractivity contribution in [3.63, 3.8) is 0 Å². The Morgan fingerprint density at radius 2 is 1.73 bits per heavy atom. The van der Waals surface area contributed by atoms with E-state index < -0.39 is 27.6 Å². The van der Waals surface area contributed by atoms with Gasteiger partial charge in [0.2, 0.25) is 10.0 Å². The largest absolute Gasteiger partial charge is 0.480 e. The van der Waals surface area contributed by atoms with Gasteiger partial charge in [0.1, 0.15) is 11.8 Å². The second kappa shape index (κ2) is 9.26. The van der Waals surface area contributed by atoms with E-state index in [1.54, 1.807) is 12.1 Å². The van der Waals surface area contributed by atoms with E-state index in [2.05, 4.69) is 15.9 Å². The molecule has 1 unspecified atom stereocenters. The van der Waals surface area contributed by atoms with Crippen molar-refractivity contribution < 1.29 is 23.1 Å². The van der Waals surface area contributed by atoms with E-state index in [4.69, 9.17) is 15.6 Å². The molecular weight excluding hydrogens is 508 g/mol. The highest BCUT2D eigenvalue weighted by molar-refractivity contribution is 9.10. The molecule has 1 atom stereocenters. The Balaban J connectivity index is 1.60. The number of sulfonamides is 1. The third-order valence-electron chi connectivity index (χ3n) is 5.61. The minimum Gasteiger partial charge on any atom is -0.480 e. The average Bonchev–Trinajstić information content (AvgIpc) is 2.77. The zero-order valence-electron chi connectivity index (χ0n) is 17.6. The van der Waals surface area contributed by atoms with Gasteiger partial charge in [0.05, 0.1) is 22.5 Å². The van der Waals surface area contributed by atoms with Gasteiger partial charge in [-0.1, -0.05) is 54.6 Å². The van der Waals surface area contributed by atoms with Crippen LogP contribution in [0.25, 0.3) is 0 Å². The van der Waals surface area contributed by atoms with Crippen molar-refractivity contribution in [2.45, 2.75) is 23.0 Å². The van der Waals surface area contributed by atoms with Gasteiger partial charge in [-0.05, 0) is 57.7 Å². The zero-order valence-corrected chi connectivity index (χ0v) is 20.0. The maximum atomic E-state index is 13.3. The van der Waals surface area contributed by atoms with Crippen LogP contribution in [0.1, 0.15) is 11.1 Å². The molecule has 0 bridgehead atoms. The second-order valence-corrected chi connectivity index (χ2v) is 10.8. The lowest BCUT2D eigenvalue weighted by atomic mass is 9.87. The quantitative estimate of drug-likeness (QED) is 0.461. The van der Waals surface area contributed by atoms with Gasteiger partial charge in [0, 0.05) is 0 Å². The number of nitrogens with zero attached hydrogens (tertiary/aromatic N) is 1. The summed E-state index contributed by atoms with van der Waals surface area (Å²) in [5.74, 6) is -0.508. The monoisotopic (exact) mass is 530 g/mol. The molecule has 7 nitrogen and oxygen atoms in total. The Morgan fingerprint density at radius 1 is 1.06 bits per heavy atom. The fraction of sp³-hybridized carbons (Fsp3) is 0.208. The molecule has 3 aromatic rings. The molecule has 0 aromatic heterocycles. The van der Waals surface area contributed by atoms with E-state index in [-0.39, 0.29) is 24.4 Å². The Hall–Kier alpha value is -2.72. The zero-order chi connectivity index (χ0) is 23.6. The first-order valence-corrected chi connectivity index (χ1v) is 12.5. The van der Waals surface area contributed by atoms with Crippen molar-refractivity contribution in [3.8, 4) is 5.75 Å². The molecule has 0 saturated carbocycles. The summed E-state index contributed by atoms with van der Waals surface area (Å²) in [5.41, 5.74) is 6.21. The fourth-order valence-electron chi connectivity index (χ4n) is 3.80. The number of halogens is 1. The highest BCUT2D eigenvalue weighted by atomic mass is 79.9. The molecule has 0 radical (unpaired) electrons. The van der Waals surface area contributed by atoms with Crippen molar-refractivity contribution >= 4 is 31.9 Å². The van der Waals surface area contributed by atoms with E-state index >= 15 is 0 Å². The number of benzene rings is 3. The van der Waals surface area contributed by atoms with Gasteiger partial charge in [0.25, 0.3) is 0 Å². The summed E-state index contributed by atoms with van der Waals surface area (Å²) < 4.78 is 35.2. The van der Waals surface area contributed by atoms with Gasteiger partial charge in [-0.25, -0.2) is 8.42 Å². The SMILES string of the molecule is NC(Cc1cccc(S(=O)(=O)N2CC(Oc3ccccc3Br)(c3ccccc3)C2)c1)C(=O)O. The summed E-state index contributed by atoms with van der Waals surface area (Å²) >= 11 is 3.49. The van der Waals surface area contributed by atoms with Gasteiger partial charge in [-0.15, -0.1) is 0 Å². The number of carbonyl (C=O) groups is 1. The molecule has 172 valence electrons. The first-order chi connectivity index (χ1) is 15.7. The molecule has 1 aliphatic heterocycles. The lowest BCUT2D eigenvalue weighted by Gasteiger charge is -2.49. The average molecular weight is 531 g/mol. The van der Waals surface area contributed by atoms with Crippen LogP contribution in [0.4, 0.5) is 0 Å². The first kappa shape index (κ1) is 23.4. The smallest absolute Gasteiger partial charge is 0.320 e. The molecule has 3 N–H and O–H groups in total. The van der Waals surface area contributed by atoms with E-state index in [1.807, 2.05) is 54.6 Å². The lowest BCUT2D eigenvalue weighted by Crippen LogP contribution is -2.64. The van der Waals surface area contributed by atoms with Crippen LogP contribution in [0.2, 0.25) is 0 Å². The molecule has 9 heteroatoms. The van der Waals surface area contributed by atoms with Crippen LogP contribution in [0, 0.1) is 0 Å². The molecule has 3 aromatic carbocycles. The van der Waals surface area contributed by atoms with E-state index in [0.29, 0.717) is 11.3 Å². The second-order valence-electron chi connectivity index (χ2n) is 7.96. The van der Waals surface area contributed by atoms with Crippen LogP contribution in [-0.4, -0.2) is 42.9 Å². The summed E-state index contributed by atoms with van der Waals surface area (Å²) in [6.45, 7) is 0.277. The normalized spacial score (nSPS) is 16.5. The summed E-state index contributed by atoms with van der Waals surface area (Å²) in [5, 5.41) is 9.05. The Kier molecular flexibility index (Phi) is 6.58. The molecule has 0 amide bonds. The standard InChI is InChI=1S/C24H23BrN2O5S/c25-20-11-4-5-12-22(20)32-24(18-8-2-1-3-9-18)15-27(16-24)33(30,31)19-10-6-7-17(13-19)14-21(26)23(28)29/h1-13,21H,14-16,26H2,(H,28,29). The van der Waals surface area contributed by atoms with Crippen LogP contribution in [0.5, 0.6) is 5.75 Å². The number of ether oxygens (including phenoxy) is 1. The topological polar surface area (TPSA) is 110 Å². The fourth-order valence-corrected chi connectivity index (χ4v) is 5.77. The summed E-state index contributed by atoms with van der Waals surface area (Å²) in [6.07, 6.45) is 0.0395. The minimum absolute atomic E-state index is 0.0395. The summed E-state index contributed by atoms with van der Waals surface area (Å²) in [4.78, 5) is 11.2. The Bertz CT molecular complexity index is 1260. The molecule has 1 fully saturated rings. The molecule has 1 aliphatic rings. The van der Waals surface area contributed by atoms with Crippen LogP contribution >= 0.6 is 15.9 Å². The molecule has 4 rings (SSSR count). The molecule has 33 heavy (non-hydrogen) atoms. The van der Waals surface area contributed by atoms with E-state index in [9.17, 15) is 13.2 Å². The summed E-state index contributed by atoms with van der Waals surface area (Å²) in [6, 6.07) is 22.1. The highest BCUT2D eigenvalue weighted by Crippen LogP contribution is 2.41. The van der Waals surface area contributed by atoms with E-state index in [1.165, 1.54) is 16.4 Å². The van der Waals surface area contributed by atoms with Gasteiger partial charge < -0.3 is 15.6 Å². The first-order valence-electron chi connectivity index (χ1n) is 10.3. The predicted molar refractivity (Wildman–Crippen MR) is 127 cm³/mol. The maximum absolute atomic E-state index is 13.3. The van der Waals surface area contributed by atoms with Crippen molar-refractivity contribution in [1.29, 1.82) is 0 Å². The van der Waals surface area contributed by atoms with Crippen LogP contribution in [0.15, 0.2) is 88.2 Å². The van der Waals surface area contributed by atoms with Crippen molar-refractivity contribution in [1.82, 2.24) is 4.31 Å². The molecule has 0 aliphatic carbocycles. The number of nitrogens with two attached hydrogens (primary N) is 1. The van der Waals surface area contributed by atoms with Crippen molar-refractivity contribution in [3.05, 3.63) is 94.5 Å². The maximum Gasteiger partial charge on any atom is 0.320 e. The number of carboxylic acids is 1. The molecule has 1 heterocycles. The third kappa shape index (κ3) is 4.81. The Labute approximate surface area is 201 Å². The molecule has 1 saturated heterocycles. The number of aliphatic carboxylic acids is 1. The molecular formula is C24H23BrN2O5S. The minimum atomic E-state index is -3.81. The van der Waals surface area contributed by atoms with Gasteiger partial charge in [-0.2, -0.15) is 4.31 Å². The van der Waals surface area contributed by atoms with Crippen LogP contribution in [-0.2, 0) is 26.8 Å². The van der Waals surface area contributed by atoms with E-state index in [0.717, 1.165) is 10.0 Å². The van der Waals surface area contributed by atoms with Gasteiger partial charge in [-0.3, -0.25) is 4.79 Å². The third-order valence-corrected chi connectivity index (χ3v) is 8.06. The number of hydrogen-bond donors (Lipinski definition) is 2. The van der Waals surface area contributed by atoms with Crippen molar-refractivity contribution in [2.75, 3.05) is 13.1 Å². The highest BCUT2D eigenvalue weighted by Gasteiger charge is 2.52. The summed E-state index contributed by atoms with van der Waals surface area (Å²) in [7, 11) is -3.81. The van der Waals surface area contributed by atoms with Crippen molar-refractivity contribution in [2.24, 2.45) is 5.73 Å². The number of rotatable bonds is 8. The van der Waals surface area contributed by atoms with Crippen LogP contribution < -0.4 is 10.5 Å². The Morgan fingerprint density at radius 3 is 2.39 bits per heavy atom. The number of para-hydroxylation sites is 1.